The average Bonchev–Trinajstić information content (AvgIpc) is 3.08. The molecule has 4 unspecified atom stereocenters. The summed E-state index contributed by atoms with van der Waals surface area (Å²) in [7, 11) is 1.52. The van der Waals surface area contributed by atoms with Crippen LogP contribution in [0.4, 0.5) is 0 Å². The molecule has 3 fully saturated rings. The standard InChI is InChI=1S/C15H25N3O3.ClH/c1-21-9-12(19)17-4-6-18(7-5-17)15(20)13-10-2-3-11(8-10)14(13)16;/h10-11,13-14H,2-9,16H2,1H3;1H. The second kappa shape index (κ2) is 7.15. The highest BCUT2D eigenvalue weighted by molar-refractivity contribution is 5.85. The Hall–Kier alpha value is -0.850. The number of piperazine rings is 1. The molecule has 2 N–H and O–H groups in total. The normalized spacial score (nSPS) is 33.7. The van der Waals surface area contributed by atoms with E-state index in [-0.39, 0.29) is 42.8 Å². The van der Waals surface area contributed by atoms with E-state index in [4.69, 9.17) is 10.5 Å². The SMILES string of the molecule is COCC(=O)N1CCN(C(=O)C2C3CCC(C3)C2N)CC1.Cl. The summed E-state index contributed by atoms with van der Waals surface area (Å²) in [6.07, 6.45) is 3.47. The van der Waals surface area contributed by atoms with Crippen LogP contribution >= 0.6 is 12.4 Å². The summed E-state index contributed by atoms with van der Waals surface area (Å²) >= 11 is 0. The van der Waals surface area contributed by atoms with Crippen LogP contribution in [0.25, 0.3) is 0 Å². The Labute approximate surface area is 137 Å². The number of nitrogens with two attached hydrogens (primary N) is 1. The van der Waals surface area contributed by atoms with E-state index >= 15 is 0 Å². The molecule has 126 valence electrons. The molecule has 6 nitrogen and oxygen atoms in total. The van der Waals surface area contributed by atoms with Crippen molar-refractivity contribution in [3.05, 3.63) is 0 Å². The number of ether oxygens (including phenoxy) is 1. The van der Waals surface area contributed by atoms with Crippen molar-refractivity contribution in [1.82, 2.24) is 9.80 Å². The predicted molar refractivity (Wildman–Crippen MR) is 84.6 cm³/mol. The van der Waals surface area contributed by atoms with Crippen molar-refractivity contribution >= 4 is 24.2 Å². The molecular formula is C15H26ClN3O3. The van der Waals surface area contributed by atoms with Crippen molar-refractivity contribution < 1.29 is 14.3 Å². The first-order chi connectivity index (χ1) is 10.1. The Balaban J connectivity index is 0.00000176. The van der Waals surface area contributed by atoms with Crippen LogP contribution in [0.3, 0.4) is 0 Å². The Morgan fingerprint density at radius 3 is 2.23 bits per heavy atom. The van der Waals surface area contributed by atoms with Crippen molar-refractivity contribution in [2.45, 2.75) is 25.3 Å². The fourth-order valence-electron chi connectivity index (χ4n) is 4.30. The van der Waals surface area contributed by atoms with Crippen molar-refractivity contribution in [2.24, 2.45) is 23.5 Å². The van der Waals surface area contributed by atoms with Gasteiger partial charge < -0.3 is 20.3 Å². The van der Waals surface area contributed by atoms with Crippen LogP contribution in [0.5, 0.6) is 0 Å². The van der Waals surface area contributed by atoms with Gasteiger partial charge in [0, 0.05) is 39.3 Å². The summed E-state index contributed by atoms with van der Waals surface area (Å²) < 4.78 is 4.87. The molecule has 2 amide bonds. The maximum Gasteiger partial charge on any atom is 0.248 e. The van der Waals surface area contributed by atoms with Gasteiger partial charge in [-0.1, -0.05) is 0 Å². The third-order valence-corrected chi connectivity index (χ3v) is 5.48. The maximum atomic E-state index is 12.7. The molecule has 1 saturated heterocycles. The molecule has 0 radical (unpaired) electrons. The van der Waals surface area contributed by atoms with Crippen molar-refractivity contribution in [2.75, 3.05) is 39.9 Å². The lowest BCUT2D eigenvalue weighted by molar-refractivity contribution is -0.145. The number of hydrogen-bond acceptors (Lipinski definition) is 4. The van der Waals surface area contributed by atoms with Crippen LogP contribution in [-0.2, 0) is 14.3 Å². The molecule has 0 aromatic carbocycles. The number of rotatable bonds is 3. The summed E-state index contributed by atoms with van der Waals surface area (Å²) in [6.45, 7) is 2.56. The van der Waals surface area contributed by atoms with Crippen molar-refractivity contribution in [3.63, 3.8) is 0 Å². The van der Waals surface area contributed by atoms with E-state index < -0.39 is 0 Å². The minimum absolute atomic E-state index is 0. The fourth-order valence-corrected chi connectivity index (χ4v) is 4.30. The second-order valence-electron chi connectivity index (χ2n) is 6.58. The topological polar surface area (TPSA) is 75.9 Å². The number of amides is 2. The molecule has 2 saturated carbocycles. The molecular weight excluding hydrogens is 306 g/mol. The second-order valence-corrected chi connectivity index (χ2v) is 6.58. The van der Waals surface area contributed by atoms with E-state index in [0.717, 1.165) is 12.8 Å². The lowest BCUT2D eigenvalue weighted by Gasteiger charge is -2.38. The Bertz CT molecular complexity index is 424. The van der Waals surface area contributed by atoms with E-state index in [2.05, 4.69) is 0 Å². The van der Waals surface area contributed by atoms with Gasteiger partial charge in [0.1, 0.15) is 6.61 Å². The molecule has 3 rings (SSSR count). The maximum absolute atomic E-state index is 12.7. The van der Waals surface area contributed by atoms with Gasteiger partial charge in [0.2, 0.25) is 11.8 Å². The molecule has 0 aromatic heterocycles. The van der Waals surface area contributed by atoms with Gasteiger partial charge in [-0.25, -0.2) is 0 Å². The van der Waals surface area contributed by atoms with E-state index in [9.17, 15) is 9.59 Å². The molecule has 1 heterocycles. The first-order valence-corrected chi connectivity index (χ1v) is 7.93. The van der Waals surface area contributed by atoms with E-state index in [1.807, 2.05) is 4.90 Å². The summed E-state index contributed by atoms with van der Waals surface area (Å²) in [5, 5.41) is 0. The molecule has 7 heteroatoms. The summed E-state index contributed by atoms with van der Waals surface area (Å²) in [4.78, 5) is 28.2. The quantitative estimate of drug-likeness (QED) is 0.796. The Kier molecular flexibility index (Phi) is 5.69. The molecule has 0 spiro atoms. The highest BCUT2D eigenvalue weighted by Crippen LogP contribution is 2.48. The van der Waals surface area contributed by atoms with E-state index in [1.54, 1.807) is 4.90 Å². The minimum atomic E-state index is 0. The van der Waals surface area contributed by atoms with E-state index in [1.165, 1.54) is 13.5 Å². The number of carbonyl (C=O) groups excluding carboxylic acids is 2. The number of methoxy groups -OCH3 is 1. The molecule has 2 aliphatic carbocycles. The summed E-state index contributed by atoms with van der Waals surface area (Å²) in [6, 6.07) is 0.0457. The van der Waals surface area contributed by atoms with Crippen LogP contribution in [-0.4, -0.2) is 67.6 Å². The van der Waals surface area contributed by atoms with Crippen LogP contribution in [0.15, 0.2) is 0 Å². The fraction of sp³-hybridized carbons (Fsp3) is 0.867. The smallest absolute Gasteiger partial charge is 0.248 e. The lowest BCUT2D eigenvalue weighted by atomic mass is 9.84. The molecule has 22 heavy (non-hydrogen) atoms. The van der Waals surface area contributed by atoms with Crippen molar-refractivity contribution in [1.29, 1.82) is 0 Å². The molecule has 0 aromatic rings. The third-order valence-electron chi connectivity index (χ3n) is 5.48. The van der Waals surface area contributed by atoms with Gasteiger partial charge in [-0.2, -0.15) is 0 Å². The van der Waals surface area contributed by atoms with Gasteiger partial charge in [-0.05, 0) is 31.1 Å². The van der Waals surface area contributed by atoms with Gasteiger partial charge in [0.25, 0.3) is 0 Å². The zero-order chi connectivity index (χ0) is 15.0. The van der Waals surface area contributed by atoms with Gasteiger partial charge >= 0.3 is 0 Å². The number of nitrogens with zero attached hydrogens (tertiary/aromatic N) is 2. The molecule has 3 aliphatic rings. The zero-order valence-corrected chi connectivity index (χ0v) is 13.9. The number of hydrogen-bond donors (Lipinski definition) is 1. The van der Waals surface area contributed by atoms with Gasteiger partial charge in [-0.15, -0.1) is 12.4 Å². The molecule has 4 atom stereocenters. The van der Waals surface area contributed by atoms with Gasteiger partial charge in [0.15, 0.2) is 0 Å². The van der Waals surface area contributed by atoms with E-state index in [0.29, 0.717) is 38.0 Å². The number of halogens is 1. The Morgan fingerprint density at radius 2 is 1.68 bits per heavy atom. The van der Waals surface area contributed by atoms with Crippen LogP contribution in [0, 0.1) is 17.8 Å². The molecule has 1 aliphatic heterocycles. The monoisotopic (exact) mass is 331 g/mol. The van der Waals surface area contributed by atoms with Crippen molar-refractivity contribution in [3.8, 4) is 0 Å². The van der Waals surface area contributed by atoms with Crippen LogP contribution in [0.1, 0.15) is 19.3 Å². The Morgan fingerprint density at radius 1 is 1.09 bits per heavy atom. The zero-order valence-electron chi connectivity index (χ0n) is 13.1. The van der Waals surface area contributed by atoms with Gasteiger partial charge in [-0.3, -0.25) is 9.59 Å². The largest absolute Gasteiger partial charge is 0.375 e. The number of fused-ring (bicyclic) bond motifs is 2. The number of carbonyl (C=O) groups is 2. The average molecular weight is 332 g/mol. The van der Waals surface area contributed by atoms with Gasteiger partial charge in [0.05, 0.1) is 5.92 Å². The summed E-state index contributed by atoms with van der Waals surface area (Å²) in [5.41, 5.74) is 6.26. The third kappa shape index (κ3) is 3.09. The lowest BCUT2D eigenvalue weighted by Crippen LogP contribution is -2.55. The highest BCUT2D eigenvalue weighted by Gasteiger charge is 2.50. The molecule has 2 bridgehead atoms. The summed E-state index contributed by atoms with van der Waals surface area (Å²) in [5.74, 6) is 1.28. The minimum Gasteiger partial charge on any atom is -0.375 e. The van der Waals surface area contributed by atoms with Crippen LogP contribution in [0.2, 0.25) is 0 Å². The van der Waals surface area contributed by atoms with Crippen LogP contribution < -0.4 is 5.73 Å². The highest BCUT2D eigenvalue weighted by atomic mass is 35.5. The first-order valence-electron chi connectivity index (χ1n) is 7.93. The first kappa shape index (κ1) is 17.5. The predicted octanol–water partition coefficient (Wildman–Crippen LogP) is 0.0988.